The Balaban J connectivity index is 0.00000400. The lowest BCUT2D eigenvalue weighted by atomic mass is 9.97. The minimum Gasteiger partial charge on any atom is -0.494 e. The molecule has 1 aliphatic rings. The van der Waals surface area contributed by atoms with Crippen molar-refractivity contribution in [3.8, 4) is 28.3 Å². The average molecular weight is 539 g/mol. The Morgan fingerprint density at radius 1 is 1.00 bits per heavy atom. The Morgan fingerprint density at radius 2 is 1.61 bits per heavy atom. The number of carboxylic acid groups (broad SMARTS) is 1. The van der Waals surface area contributed by atoms with Gasteiger partial charge in [0.25, 0.3) is 0 Å². The van der Waals surface area contributed by atoms with E-state index in [-0.39, 0.29) is 31.4 Å². The highest BCUT2D eigenvalue weighted by molar-refractivity contribution is 5.85. The Labute approximate surface area is 229 Å². The third-order valence-corrected chi connectivity index (χ3v) is 6.56. The standard InChI is InChI=1S/C29H34N4O4.ClH/c1-19(2)4-3-13-37-25-11-9-21(10-12-25)23-15-31-27(32-16-23)22-7-5-20(6-8-22)14-26(30)28(34)33-17-24(18-33)29(35)36;/h5-12,15-16,19,24,26H,3-4,13-14,17-18,30H2,1-2H3,(H,35,36);1H. The number of benzene rings is 2. The number of halogens is 1. The Morgan fingerprint density at radius 3 is 2.18 bits per heavy atom. The van der Waals surface area contributed by atoms with E-state index < -0.39 is 17.9 Å². The van der Waals surface area contributed by atoms with Crippen LogP contribution in [0.25, 0.3) is 22.5 Å². The highest BCUT2D eigenvalue weighted by Crippen LogP contribution is 2.24. The molecule has 0 spiro atoms. The summed E-state index contributed by atoms with van der Waals surface area (Å²) in [6, 6.07) is 14.9. The van der Waals surface area contributed by atoms with Crippen LogP contribution in [0.4, 0.5) is 0 Å². The molecule has 3 N–H and O–H groups in total. The molecule has 0 radical (unpaired) electrons. The lowest BCUT2D eigenvalue weighted by Gasteiger charge is -2.38. The van der Waals surface area contributed by atoms with Gasteiger partial charge in [-0.15, -0.1) is 12.4 Å². The first-order chi connectivity index (χ1) is 17.8. The fourth-order valence-corrected chi connectivity index (χ4v) is 4.23. The van der Waals surface area contributed by atoms with Gasteiger partial charge in [0.05, 0.1) is 18.6 Å². The summed E-state index contributed by atoms with van der Waals surface area (Å²) < 4.78 is 5.82. The summed E-state index contributed by atoms with van der Waals surface area (Å²) in [4.78, 5) is 33.9. The van der Waals surface area contributed by atoms with Crippen LogP contribution in [0, 0.1) is 11.8 Å². The molecule has 1 saturated heterocycles. The van der Waals surface area contributed by atoms with Gasteiger partial charge in [0.15, 0.2) is 5.82 Å². The smallest absolute Gasteiger partial charge is 0.310 e. The number of nitrogens with zero attached hydrogens (tertiary/aromatic N) is 3. The van der Waals surface area contributed by atoms with Crippen molar-refractivity contribution in [2.45, 2.75) is 39.2 Å². The minimum absolute atomic E-state index is 0. The number of hydrogen-bond acceptors (Lipinski definition) is 6. The molecule has 1 unspecified atom stereocenters. The number of nitrogens with two attached hydrogens (primary N) is 1. The molecule has 2 heterocycles. The molecule has 0 bridgehead atoms. The fraction of sp³-hybridized carbons (Fsp3) is 0.379. The predicted molar refractivity (Wildman–Crippen MR) is 149 cm³/mol. The van der Waals surface area contributed by atoms with E-state index in [9.17, 15) is 9.59 Å². The van der Waals surface area contributed by atoms with Crippen LogP contribution in [0.3, 0.4) is 0 Å². The number of rotatable bonds is 11. The van der Waals surface area contributed by atoms with E-state index >= 15 is 0 Å². The molecule has 38 heavy (non-hydrogen) atoms. The van der Waals surface area contributed by atoms with Gasteiger partial charge >= 0.3 is 5.97 Å². The highest BCUT2D eigenvalue weighted by atomic mass is 35.5. The van der Waals surface area contributed by atoms with Gasteiger partial charge in [-0.2, -0.15) is 0 Å². The van der Waals surface area contributed by atoms with Crippen molar-refractivity contribution in [2.75, 3.05) is 19.7 Å². The van der Waals surface area contributed by atoms with Gasteiger partial charge < -0.3 is 20.5 Å². The molecular weight excluding hydrogens is 504 g/mol. The Kier molecular flexibility index (Phi) is 10.2. The van der Waals surface area contributed by atoms with Crippen LogP contribution in [0.1, 0.15) is 32.3 Å². The van der Waals surface area contributed by atoms with E-state index in [2.05, 4.69) is 23.8 Å². The van der Waals surface area contributed by atoms with Crippen LogP contribution < -0.4 is 10.5 Å². The summed E-state index contributed by atoms with van der Waals surface area (Å²) in [5.41, 5.74) is 9.81. The van der Waals surface area contributed by atoms with Gasteiger partial charge in [-0.3, -0.25) is 9.59 Å². The number of ether oxygens (including phenoxy) is 1. The second-order valence-electron chi connectivity index (χ2n) is 9.99. The number of amides is 1. The first-order valence-corrected chi connectivity index (χ1v) is 12.7. The van der Waals surface area contributed by atoms with E-state index in [1.54, 1.807) is 12.4 Å². The number of carboxylic acids is 1. The summed E-state index contributed by atoms with van der Waals surface area (Å²) in [5.74, 6) is 0.583. The SMILES string of the molecule is CC(C)CCCOc1ccc(-c2cnc(-c3ccc(CC(N)C(=O)N4CC(C(=O)O)C4)cc3)nc2)cc1.Cl. The first-order valence-electron chi connectivity index (χ1n) is 12.7. The van der Waals surface area contributed by atoms with Gasteiger partial charge in [-0.1, -0.05) is 50.2 Å². The van der Waals surface area contributed by atoms with Crippen LogP contribution in [0.15, 0.2) is 60.9 Å². The van der Waals surface area contributed by atoms with Crippen LogP contribution in [-0.2, 0) is 16.0 Å². The fourth-order valence-electron chi connectivity index (χ4n) is 4.23. The van der Waals surface area contributed by atoms with Crippen molar-refractivity contribution in [3.63, 3.8) is 0 Å². The number of carbonyl (C=O) groups is 2. The van der Waals surface area contributed by atoms with E-state index in [1.807, 2.05) is 48.5 Å². The zero-order valence-corrected chi connectivity index (χ0v) is 22.6. The molecule has 3 aromatic rings. The lowest BCUT2D eigenvalue weighted by molar-refractivity contribution is -0.153. The monoisotopic (exact) mass is 538 g/mol. The summed E-state index contributed by atoms with van der Waals surface area (Å²) in [6.45, 7) is 5.61. The maximum atomic E-state index is 12.4. The van der Waals surface area contributed by atoms with Gasteiger partial charge in [0.1, 0.15) is 5.75 Å². The maximum absolute atomic E-state index is 12.4. The zero-order valence-electron chi connectivity index (χ0n) is 21.7. The molecule has 1 amide bonds. The van der Waals surface area contributed by atoms with Crippen LogP contribution >= 0.6 is 12.4 Å². The predicted octanol–water partition coefficient (Wildman–Crippen LogP) is 4.46. The number of likely N-dealkylation sites (tertiary alicyclic amines) is 1. The normalized spacial score (nSPS) is 13.9. The van der Waals surface area contributed by atoms with Crippen molar-refractivity contribution in [1.29, 1.82) is 0 Å². The molecule has 1 aliphatic heterocycles. The number of hydrogen-bond donors (Lipinski definition) is 2. The number of carbonyl (C=O) groups excluding carboxylic acids is 1. The van der Waals surface area contributed by atoms with Gasteiger partial charge in [0.2, 0.25) is 5.91 Å². The van der Waals surface area contributed by atoms with Gasteiger partial charge in [-0.25, -0.2) is 9.97 Å². The summed E-state index contributed by atoms with van der Waals surface area (Å²) in [5, 5.41) is 8.97. The molecule has 4 rings (SSSR count). The van der Waals surface area contributed by atoms with Crippen molar-refractivity contribution >= 4 is 24.3 Å². The lowest BCUT2D eigenvalue weighted by Crippen LogP contribution is -2.57. The second-order valence-corrected chi connectivity index (χ2v) is 9.99. The topological polar surface area (TPSA) is 119 Å². The van der Waals surface area contributed by atoms with Gasteiger partial charge in [-0.05, 0) is 48.4 Å². The maximum Gasteiger partial charge on any atom is 0.310 e. The Bertz CT molecular complexity index is 1190. The quantitative estimate of drug-likeness (QED) is 0.346. The van der Waals surface area contributed by atoms with E-state index in [0.717, 1.165) is 47.5 Å². The first kappa shape index (κ1) is 29.1. The average Bonchev–Trinajstić information content (AvgIpc) is 2.86. The molecule has 202 valence electrons. The molecule has 1 aromatic heterocycles. The van der Waals surface area contributed by atoms with Crippen molar-refractivity contribution in [1.82, 2.24) is 14.9 Å². The molecule has 1 atom stereocenters. The Hall–Kier alpha value is -3.49. The third-order valence-electron chi connectivity index (χ3n) is 6.56. The molecule has 0 aliphatic carbocycles. The van der Waals surface area contributed by atoms with Crippen LogP contribution in [0.5, 0.6) is 5.75 Å². The third kappa shape index (κ3) is 7.52. The van der Waals surface area contributed by atoms with E-state index in [0.29, 0.717) is 18.2 Å². The van der Waals surface area contributed by atoms with Gasteiger partial charge in [0, 0.05) is 36.6 Å². The number of aliphatic carboxylic acids is 1. The second kappa shape index (κ2) is 13.3. The minimum atomic E-state index is -0.876. The molecule has 1 fully saturated rings. The van der Waals surface area contributed by atoms with E-state index in [4.69, 9.17) is 15.6 Å². The molecule has 8 nitrogen and oxygen atoms in total. The van der Waals surface area contributed by atoms with Crippen LogP contribution in [-0.4, -0.2) is 57.6 Å². The number of aromatic nitrogens is 2. The highest BCUT2D eigenvalue weighted by Gasteiger charge is 2.37. The van der Waals surface area contributed by atoms with Crippen molar-refractivity contribution < 1.29 is 19.4 Å². The van der Waals surface area contributed by atoms with E-state index in [1.165, 1.54) is 4.90 Å². The zero-order chi connectivity index (χ0) is 26.4. The van der Waals surface area contributed by atoms with Crippen molar-refractivity contribution in [2.24, 2.45) is 17.6 Å². The summed E-state index contributed by atoms with van der Waals surface area (Å²) >= 11 is 0. The molecule has 0 saturated carbocycles. The summed E-state index contributed by atoms with van der Waals surface area (Å²) in [7, 11) is 0. The van der Waals surface area contributed by atoms with Crippen LogP contribution in [0.2, 0.25) is 0 Å². The molecule has 9 heteroatoms. The molecular formula is C29H35ClN4O4. The van der Waals surface area contributed by atoms with Crippen molar-refractivity contribution in [3.05, 3.63) is 66.5 Å². The largest absolute Gasteiger partial charge is 0.494 e. The summed E-state index contributed by atoms with van der Waals surface area (Å²) in [6.07, 6.45) is 6.20. The molecule has 2 aromatic carbocycles.